The minimum Gasteiger partial charge on any atom is -0.383 e. The lowest BCUT2D eigenvalue weighted by Crippen LogP contribution is -2.36. The van der Waals surface area contributed by atoms with E-state index in [2.05, 4.69) is 22.0 Å². The summed E-state index contributed by atoms with van der Waals surface area (Å²) in [6, 6.07) is 15.8. The molecule has 1 saturated heterocycles. The van der Waals surface area contributed by atoms with Crippen molar-refractivity contribution in [1.29, 1.82) is 0 Å². The van der Waals surface area contributed by atoms with Crippen LogP contribution in [-0.2, 0) is 11.3 Å². The fraction of sp³-hybridized carbons (Fsp3) is 0.385. The summed E-state index contributed by atoms with van der Waals surface area (Å²) in [6.45, 7) is 3.18. The number of fused-ring (bicyclic) bond motifs is 1. The Balaban J connectivity index is 1.47. The maximum absolute atomic E-state index is 13.7. The lowest BCUT2D eigenvalue weighted by Gasteiger charge is -2.24. The first kappa shape index (κ1) is 21.2. The van der Waals surface area contributed by atoms with Crippen molar-refractivity contribution in [1.82, 2.24) is 9.88 Å². The predicted molar refractivity (Wildman–Crippen MR) is 126 cm³/mol. The third-order valence-electron chi connectivity index (χ3n) is 6.92. The van der Waals surface area contributed by atoms with Gasteiger partial charge in [-0.1, -0.05) is 29.8 Å². The summed E-state index contributed by atoms with van der Waals surface area (Å²) in [5.74, 6) is 1.49. The maximum Gasteiger partial charge on any atom is 0.254 e. The van der Waals surface area contributed by atoms with Crippen LogP contribution in [0.2, 0.25) is 5.02 Å². The molecule has 3 aliphatic rings. The largest absolute Gasteiger partial charge is 0.383 e. The second-order valence-corrected chi connectivity index (χ2v) is 9.49. The number of rotatable bonds is 3. The Morgan fingerprint density at radius 1 is 1.16 bits per heavy atom. The summed E-state index contributed by atoms with van der Waals surface area (Å²) in [4.78, 5) is 20.1. The number of hydrogen-bond acceptors (Lipinski definition) is 4. The Morgan fingerprint density at radius 3 is 2.69 bits per heavy atom. The van der Waals surface area contributed by atoms with Gasteiger partial charge in [0.2, 0.25) is 0 Å². The molecule has 1 amide bonds. The smallest absolute Gasteiger partial charge is 0.254 e. The molecule has 1 aromatic heterocycles. The number of nitrogens with zero attached hydrogens (tertiary/aromatic N) is 2. The highest BCUT2D eigenvalue weighted by atomic mass is 35.5. The summed E-state index contributed by atoms with van der Waals surface area (Å²) in [6.07, 6.45) is 4.96. The Morgan fingerprint density at radius 2 is 1.94 bits per heavy atom. The maximum atomic E-state index is 13.7. The van der Waals surface area contributed by atoms with Gasteiger partial charge in [0.05, 0.1) is 12.7 Å². The van der Waals surface area contributed by atoms with Crippen molar-refractivity contribution in [3.63, 3.8) is 0 Å². The molecule has 1 aliphatic carbocycles. The van der Waals surface area contributed by atoms with E-state index in [0.29, 0.717) is 29.8 Å². The first-order valence-corrected chi connectivity index (χ1v) is 11.7. The molecule has 2 aliphatic heterocycles. The van der Waals surface area contributed by atoms with Gasteiger partial charge in [-0.15, -0.1) is 0 Å². The number of carbonyl (C=O) groups excluding carboxylic acids is 1. The average molecular weight is 450 g/mol. The quantitative estimate of drug-likeness (QED) is 0.677. The number of likely N-dealkylation sites (tertiary alicyclic amines) is 1. The molecule has 3 atom stereocenters. The normalized spacial score (nSPS) is 24.2. The predicted octanol–water partition coefficient (Wildman–Crippen LogP) is 5.44. The van der Waals surface area contributed by atoms with Crippen LogP contribution in [0.1, 0.15) is 65.3 Å². The molecule has 6 heteroatoms. The highest BCUT2D eigenvalue weighted by molar-refractivity contribution is 6.30. The molecule has 2 unspecified atom stereocenters. The van der Waals surface area contributed by atoms with Gasteiger partial charge in [0.25, 0.3) is 5.91 Å². The third-order valence-corrected chi connectivity index (χ3v) is 7.17. The van der Waals surface area contributed by atoms with Gasteiger partial charge in [-0.3, -0.25) is 4.79 Å². The first-order chi connectivity index (χ1) is 15.5. The van der Waals surface area contributed by atoms with E-state index in [1.807, 2.05) is 37.3 Å². The lowest BCUT2D eigenvalue weighted by molar-refractivity contribution is 0.0719. The number of hydrogen-bond donors (Lipinski definition) is 1. The van der Waals surface area contributed by atoms with E-state index in [1.165, 1.54) is 18.4 Å². The number of amides is 1. The standard InChI is InChI=1S/C26H28ClN3O2/c1-16-24-20(15-32-16)7-6-19(3-2-12-29-25(24)28)26(31)30-14-21(13-23(30)18-4-5-18)17-8-10-22(27)11-9-17/h2-3,6-12,16,18,21,23H,4-5,13-15H2,1H3,(H2,28,29)/t16-,21?,23?/m1/s1. The average Bonchev–Trinajstić information content (AvgIpc) is 3.43. The van der Waals surface area contributed by atoms with E-state index in [1.54, 1.807) is 12.3 Å². The van der Waals surface area contributed by atoms with Crippen LogP contribution < -0.4 is 5.73 Å². The summed E-state index contributed by atoms with van der Waals surface area (Å²) in [7, 11) is 0. The van der Waals surface area contributed by atoms with Crippen LogP contribution in [0.15, 0.2) is 54.7 Å². The first-order valence-electron chi connectivity index (χ1n) is 11.3. The van der Waals surface area contributed by atoms with E-state index in [0.717, 1.165) is 29.1 Å². The van der Waals surface area contributed by atoms with Crippen molar-refractivity contribution in [2.75, 3.05) is 12.3 Å². The fourth-order valence-corrected chi connectivity index (χ4v) is 5.17. The van der Waals surface area contributed by atoms with Gasteiger partial charge < -0.3 is 15.4 Å². The number of aromatic nitrogens is 1. The van der Waals surface area contributed by atoms with Gasteiger partial charge >= 0.3 is 0 Å². The van der Waals surface area contributed by atoms with Crippen LogP contribution >= 0.6 is 11.6 Å². The summed E-state index contributed by atoms with van der Waals surface area (Å²) in [5, 5.41) is 0.740. The summed E-state index contributed by atoms with van der Waals surface area (Å²) >= 11 is 6.08. The number of anilines is 1. The zero-order valence-corrected chi connectivity index (χ0v) is 19.0. The molecule has 5 rings (SSSR count). The zero-order chi connectivity index (χ0) is 22.2. The van der Waals surface area contributed by atoms with Crippen molar-refractivity contribution in [3.8, 4) is 0 Å². The molecule has 3 heterocycles. The highest BCUT2D eigenvalue weighted by Crippen LogP contribution is 2.45. The Bertz CT molecular complexity index is 1080. The molecule has 5 nitrogen and oxygen atoms in total. The molecular formula is C26H28ClN3O2. The number of nitrogens with two attached hydrogens (primary N) is 1. The number of ether oxygens (including phenoxy) is 1. The van der Waals surface area contributed by atoms with E-state index < -0.39 is 0 Å². The molecule has 2 N–H and O–H groups in total. The zero-order valence-electron chi connectivity index (χ0n) is 18.2. The van der Waals surface area contributed by atoms with E-state index in [9.17, 15) is 4.79 Å². The van der Waals surface area contributed by atoms with Crippen LogP contribution in [0.5, 0.6) is 0 Å². The van der Waals surface area contributed by atoms with Crippen molar-refractivity contribution in [2.45, 2.75) is 50.9 Å². The topological polar surface area (TPSA) is 68.5 Å². The van der Waals surface area contributed by atoms with Gasteiger partial charge in [-0.25, -0.2) is 4.98 Å². The SMILES string of the molecule is C[C@H]1OCc2ccc(C(=O)N3CC(c4ccc(Cl)cc4)CC3C3CC3)cccnc(N)c21. The Labute approximate surface area is 193 Å². The fourth-order valence-electron chi connectivity index (χ4n) is 5.05. The molecule has 2 aromatic rings. The van der Waals surface area contributed by atoms with E-state index >= 15 is 0 Å². The number of nitrogen functional groups attached to an aromatic ring is 1. The van der Waals surface area contributed by atoms with Crippen LogP contribution in [-0.4, -0.2) is 28.4 Å². The number of benzene rings is 1. The minimum absolute atomic E-state index is 0.0749. The van der Waals surface area contributed by atoms with Crippen molar-refractivity contribution in [2.24, 2.45) is 5.92 Å². The third kappa shape index (κ3) is 4.19. The van der Waals surface area contributed by atoms with Crippen molar-refractivity contribution < 1.29 is 9.53 Å². The number of halogens is 1. The van der Waals surface area contributed by atoms with Gasteiger partial charge in [-0.2, -0.15) is 0 Å². The van der Waals surface area contributed by atoms with E-state index in [4.69, 9.17) is 22.1 Å². The van der Waals surface area contributed by atoms with Crippen LogP contribution in [0.3, 0.4) is 0 Å². The molecule has 32 heavy (non-hydrogen) atoms. The Kier molecular flexibility index (Phi) is 5.78. The molecule has 0 spiro atoms. The van der Waals surface area contributed by atoms with Crippen molar-refractivity contribution in [3.05, 3.63) is 82.0 Å². The molecule has 2 fully saturated rings. The van der Waals surface area contributed by atoms with Gasteiger partial charge in [0.15, 0.2) is 0 Å². The molecule has 1 aromatic carbocycles. The van der Waals surface area contributed by atoms with Crippen LogP contribution in [0.4, 0.5) is 5.82 Å². The summed E-state index contributed by atoms with van der Waals surface area (Å²) < 4.78 is 5.75. The molecule has 0 bridgehead atoms. The molecule has 166 valence electrons. The molecular weight excluding hydrogens is 422 g/mol. The van der Waals surface area contributed by atoms with Gasteiger partial charge in [0.1, 0.15) is 5.82 Å². The molecule has 1 saturated carbocycles. The van der Waals surface area contributed by atoms with Crippen LogP contribution in [0, 0.1) is 5.92 Å². The number of carbonyl (C=O) groups is 1. The second-order valence-electron chi connectivity index (χ2n) is 9.05. The molecule has 0 radical (unpaired) electrons. The van der Waals surface area contributed by atoms with Crippen molar-refractivity contribution >= 4 is 23.3 Å². The second kappa shape index (κ2) is 8.72. The Hall–Kier alpha value is -2.63. The lowest BCUT2D eigenvalue weighted by atomic mass is 9.95. The van der Waals surface area contributed by atoms with Gasteiger partial charge in [0, 0.05) is 40.9 Å². The monoisotopic (exact) mass is 449 g/mol. The van der Waals surface area contributed by atoms with E-state index in [-0.39, 0.29) is 18.1 Å². The summed E-state index contributed by atoms with van der Waals surface area (Å²) in [5.41, 5.74) is 9.95. The minimum atomic E-state index is -0.104. The van der Waals surface area contributed by atoms with Gasteiger partial charge in [-0.05, 0) is 73.6 Å². The van der Waals surface area contributed by atoms with Crippen LogP contribution in [0.25, 0.3) is 0 Å². The highest BCUT2D eigenvalue weighted by Gasteiger charge is 2.44.